The van der Waals surface area contributed by atoms with Crippen molar-refractivity contribution >= 4 is 28.3 Å². The van der Waals surface area contributed by atoms with Gasteiger partial charge in [-0.25, -0.2) is 4.98 Å². The summed E-state index contributed by atoms with van der Waals surface area (Å²) < 4.78 is 6.30. The number of nitrogen functional groups attached to an aromatic ring is 1. The molecule has 1 aliphatic carbocycles. The first-order chi connectivity index (χ1) is 10.2. The number of hydrogen-bond acceptors (Lipinski definition) is 6. The van der Waals surface area contributed by atoms with Crippen LogP contribution in [0.4, 0.5) is 10.8 Å². The molecule has 0 bridgehead atoms. The Hall–Kier alpha value is -2.09. The minimum Gasteiger partial charge on any atom is -0.382 e. The molecule has 0 aromatic carbocycles. The molecule has 2 aliphatic rings. The van der Waals surface area contributed by atoms with Crippen molar-refractivity contribution in [2.45, 2.75) is 32.0 Å². The van der Waals surface area contributed by atoms with Gasteiger partial charge in [-0.2, -0.15) is 4.37 Å². The summed E-state index contributed by atoms with van der Waals surface area (Å²) in [6, 6.07) is 0.310. The standard InChI is InChI=1S/C13H16N6OS/c14-11-10(12(20)16-8-1-2-8)13(21-17-11)19-6-5-18-4-3-15-9(18)7-19/h3-4,8H,1-2,5-7H2,(H2,14,17)(H,16,20). The fraction of sp³-hybridized carbons (Fsp3) is 0.462. The molecule has 0 spiro atoms. The van der Waals surface area contributed by atoms with Crippen molar-refractivity contribution in [2.75, 3.05) is 17.2 Å². The van der Waals surface area contributed by atoms with Crippen LogP contribution in [0, 0.1) is 0 Å². The van der Waals surface area contributed by atoms with Crippen LogP contribution in [0.2, 0.25) is 0 Å². The highest BCUT2D eigenvalue weighted by molar-refractivity contribution is 7.11. The Morgan fingerprint density at radius 1 is 1.43 bits per heavy atom. The molecular formula is C13H16N6OS. The van der Waals surface area contributed by atoms with Crippen molar-refractivity contribution in [3.63, 3.8) is 0 Å². The number of hydrogen-bond donors (Lipinski definition) is 2. The number of anilines is 2. The van der Waals surface area contributed by atoms with E-state index in [9.17, 15) is 4.79 Å². The minimum absolute atomic E-state index is 0.104. The van der Waals surface area contributed by atoms with Gasteiger partial charge in [0, 0.05) is 31.5 Å². The highest BCUT2D eigenvalue weighted by atomic mass is 32.1. The summed E-state index contributed by atoms with van der Waals surface area (Å²) in [5, 5.41) is 3.84. The second-order valence-corrected chi connectivity index (χ2v) is 6.21. The van der Waals surface area contributed by atoms with E-state index < -0.39 is 0 Å². The van der Waals surface area contributed by atoms with Gasteiger partial charge < -0.3 is 20.5 Å². The number of carbonyl (C=O) groups excluding carboxylic acids is 1. The topological polar surface area (TPSA) is 89.1 Å². The lowest BCUT2D eigenvalue weighted by molar-refractivity contribution is 0.0952. The molecule has 4 rings (SSSR count). The Morgan fingerprint density at radius 2 is 2.29 bits per heavy atom. The maximum absolute atomic E-state index is 12.4. The SMILES string of the molecule is Nc1nsc(N2CCn3ccnc3C2)c1C(=O)NC1CC1. The first-order valence-corrected chi connectivity index (χ1v) is 7.80. The molecule has 7 nitrogen and oxygen atoms in total. The zero-order chi connectivity index (χ0) is 14.4. The molecule has 110 valence electrons. The monoisotopic (exact) mass is 304 g/mol. The molecule has 2 aromatic rings. The van der Waals surface area contributed by atoms with E-state index in [1.807, 2.05) is 6.20 Å². The van der Waals surface area contributed by atoms with Crippen molar-refractivity contribution < 1.29 is 4.79 Å². The third-order valence-corrected chi connectivity index (χ3v) is 4.80. The van der Waals surface area contributed by atoms with Crippen molar-refractivity contribution in [1.29, 1.82) is 0 Å². The summed E-state index contributed by atoms with van der Waals surface area (Å²) in [6.07, 6.45) is 5.90. The van der Waals surface area contributed by atoms with E-state index in [0.29, 0.717) is 24.0 Å². The predicted molar refractivity (Wildman–Crippen MR) is 80.3 cm³/mol. The molecular weight excluding hydrogens is 288 g/mol. The molecule has 21 heavy (non-hydrogen) atoms. The molecule has 1 amide bonds. The lowest BCUT2D eigenvalue weighted by Crippen LogP contribution is -2.35. The lowest BCUT2D eigenvalue weighted by Gasteiger charge is -2.28. The fourth-order valence-electron chi connectivity index (χ4n) is 2.55. The van der Waals surface area contributed by atoms with Crippen LogP contribution >= 0.6 is 11.5 Å². The molecule has 0 radical (unpaired) electrons. The van der Waals surface area contributed by atoms with E-state index in [4.69, 9.17) is 5.73 Å². The zero-order valence-corrected chi connectivity index (χ0v) is 12.3. The highest BCUT2D eigenvalue weighted by Gasteiger charge is 2.30. The van der Waals surface area contributed by atoms with Gasteiger partial charge in [-0.15, -0.1) is 0 Å². The quantitative estimate of drug-likeness (QED) is 0.877. The molecule has 1 saturated carbocycles. The Bertz CT molecular complexity index is 689. The van der Waals surface area contributed by atoms with Crippen LogP contribution < -0.4 is 16.0 Å². The van der Waals surface area contributed by atoms with Gasteiger partial charge in [0.2, 0.25) is 0 Å². The van der Waals surface area contributed by atoms with Crippen LogP contribution in [0.1, 0.15) is 29.0 Å². The number of imidazole rings is 1. The van der Waals surface area contributed by atoms with Crippen LogP contribution in [0.5, 0.6) is 0 Å². The normalized spacial score (nSPS) is 17.6. The van der Waals surface area contributed by atoms with Gasteiger partial charge in [-0.1, -0.05) is 0 Å². The highest BCUT2D eigenvalue weighted by Crippen LogP contribution is 2.33. The van der Waals surface area contributed by atoms with Crippen LogP contribution in [0.15, 0.2) is 12.4 Å². The second-order valence-electron chi connectivity index (χ2n) is 5.45. The molecule has 3 N–H and O–H groups in total. The number of rotatable bonds is 3. The lowest BCUT2D eigenvalue weighted by atomic mass is 10.2. The van der Waals surface area contributed by atoms with E-state index in [1.54, 1.807) is 6.20 Å². The van der Waals surface area contributed by atoms with E-state index in [2.05, 4.69) is 24.1 Å². The maximum atomic E-state index is 12.4. The fourth-order valence-corrected chi connectivity index (χ4v) is 3.39. The van der Waals surface area contributed by atoms with Crippen LogP contribution in [0.25, 0.3) is 0 Å². The Morgan fingerprint density at radius 3 is 3.10 bits per heavy atom. The van der Waals surface area contributed by atoms with Crippen LogP contribution in [-0.4, -0.2) is 32.4 Å². The summed E-state index contributed by atoms with van der Waals surface area (Å²) in [4.78, 5) is 18.8. The van der Waals surface area contributed by atoms with Crippen LogP contribution in [-0.2, 0) is 13.1 Å². The van der Waals surface area contributed by atoms with Crippen molar-refractivity contribution in [1.82, 2.24) is 19.2 Å². The van der Waals surface area contributed by atoms with Crippen molar-refractivity contribution in [3.8, 4) is 0 Å². The summed E-state index contributed by atoms with van der Waals surface area (Å²) >= 11 is 1.29. The number of fused-ring (bicyclic) bond motifs is 1. The van der Waals surface area contributed by atoms with E-state index in [1.165, 1.54) is 11.5 Å². The number of nitrogens with zero attached hydrogens (tertiary/aromatic N) is 4. The maximum Gasteiger partial charge on any atom is 0.258 e. The number of nitrogens with two attached hydrogens (primary N) is 1. The molecule has 2 aromatic heterocycles. The van der Waals surface area contributed by atoms with E-state index in [0.717, 1.165) is 36.8 Å². The first kappa shape index (κ1) is 12.6. The second kappa shape index (κ2) is 4.73. The van der Waals surface area contributed by atoms with Gasteiger partial charge in [0.1, 0.15) is 16.4 Å². The third-order valence-electron chi connectivity index (χ3n) is 3.87. The van der Waals surface area contributed by atoms with Crippen molar-refractivity contribution in [2.24, 2.45) is 0 Å². The number of nitrogens with one attached hydrogen (secondary N) is 1. The molecule has 8 heteroatoms. The van der Waals surface area contributed by atoms with E-state index >= 15 is 0 Å². The average Bonchev–Trinajstić information content (AvgIpc) is 3.01. The smallest absolute Gasteiger partial charge is 0.258 e. The Labute approximate surface area is 125 Å². The number of carbonyl (C=O) groups is 1. The Balaban J connectivity index is 1.62. The molecule has 0 unspecified atom stereocenters. The third kappa shape index (κ3) is 2.25. The molecule has 0 atom stereocenters. The Kier molecular flexibility index (Phi) is 2.85. The largest absolute Gasteiger partial charge is 0.382 e. The number of amides is 1. The van der Waals surface area contributed by atoms with Gasteiger partial charge in [0.05, 0.1) is 6.54 Å². The summed E-state index contributed by atoms with van der Waals surface area (Å²) in [5.74, 6) is 1.22. The van der Waals surface area contributed by atoms with E-state index in [-0.39, 0.29) is 5.91 Å². The van der Waals surface area contributed by atoms with Crippen LogP contribution in [0.3, 0.4) is 0 Å². The summed E-state index contributed by atoms with van der Waals surface area (Å²) in [7, 11) is 0. The van der Waals surface area contributed by atoms with Gasteiger partial charge in [-0.3, -0.25) is 4.79 Å². The molecule has 0 saturated heterocycles. The number of aromatic nitrogens is 3. The zero-order valence-electron chi connectivity index (χ0n) is 11.5. The molecule has 1 fully saturated rings. The van der Waals surface area contributed by atoms with Gasteiger partial charge >= 0.3 is 0 Å². The summed E-state index contributed by atoms with van der Waals surface area (Å²) in [5.41, 5.74) is 6.43. The predicted octanol–water partition coefficient (Wildman–Crippen LogP) is 0.834. The summed E-state index contributed by atoms with van der Waals surface area (Å²) in [6.45, 7) is 2.36. The molecule has 3 heterocycles. The van der Waals surface area contributed by atoms with Gasteiger partial charge in [0.15, 0.2) is 5.82 Å². The minimum atomic E-state index is -0.104. The first-order valence-electron chi connectivity index (χ1n) is 7.03. The molecule has 1 aliphatic heterocycles. The van der Waals surface area contributed by atoms with Gasteiger partial charge in [-0.05, 0) is 24.4 Å². The van der Waals surface area contributed by atoms with Gasteiger partial charge in [0.25, 0.3) is 5.91 Å². The van der Waals surface area contributed by atoms with Crippen molar-refractivity contribution in [3.05, 3.63) is 23.8 Å². The average molecular weight is 304 g/mol.